The summed E-state index contributed by atoms with van der Waals surface area (Å²) < 4.78 is 53.7. The smallest absolute Gasteiger partial charge is 0.328 e. The molecule has 0 saturated carbocycles. The molecule has 11 heteroatoms. The summed E-state index contributed by atoms with van der Waals surface area (Å²) in [6.07, 6.45) is 2.62. The van der Waals surface area contributed by atoms with Gasteiger partial charge in [0, 0.05) is 18.4 Å². The minimum absolute atomic E-state index is 0.00157. The lowest BCUT2D eigenvalue weighted by Crippen LogP contribution is -2.22. The van der Waals surface area contributed by atoms with E-state index < -0.39 is 15.8 Å². The minimum Gasteiger partial charge on any atom is -0.492 e. The van der Waals surface area contributed by atoms with Gasteiger partial charge >= 0.3 is 5.69 Å². The number of aromatic amines is 1. The van der Waals surface area contributed by atoms with Crippen molar-refractivity contribution in [3.05, 3.63) is 40.7 Å². The first-order valence-corrected chi connectivity index (χ1v) is 11.5. The van der Waals surface area contributed by atoms with Crippen molar-refractivity contribution in [2.75, 3.05) is 30.8 Å². The van der Waals surface area contributed by atoms with Crippen molar-refractivity contribution < 1.29 is 22.3 Å². The molecule has 3 heterocycles. The van der Waals surface area contributed by atoms with Gasteiger partial charge in [-0.15, -0.1) is 0 Å². The van der Waals surface area contributed by atoms with Crippen LogP contribution in [0.1, 0.15) is 25.8 Å². The van der Waals surface area contributed by atoms with Crippen molar-refractivity contribution in [3.8, 4) is 16.9 Å². The van der Waals surface area contributed by atoms with E-state index in [0.29, 0.717) is 48.3 Å². The van der Waals surface area contributed by atoms with Gasteiger partial charge in [0.05, 0.1) is 36.7 Å². The number of ether oxygens (including phenoxy) is 2. The molecule has 1 aliphatic rings. The molecule has 0 bridgehead atoms. The monoisotopic (exact) mass is 450 g/mol. The van der Waals surface area contributed by atoms with Crippen molar-refractivity contribution in [2.45, 2.75) is 25.8 Å². The summed E-state index contributed by atoms with van der Waals surface area (Å²) in [6, 6.07) is 4.35. The Kier molecular flexibility index (Phi) is 5.71. The van der Waals surface area contributed by atoms with Crippen LogP contribution in [0.15, 0.2) is 29.2 Å². The molecule has 166 valence electrons. The Morgan fingerprint density at radius 1 is 1.35 bits per heavy atom. The number of sulfonamides is 1. The summed E-state index contributed by atoms with van der Waals surface area (Å²) in [6.45, 7) is 2.74. The zero-order chi connectivity index (χ0) is 22.2. The van der Waals surface area contributed by atoms with Crippen LogP contribution in [0.2, 0.25) is 0 Å². The van der Waals surface area contributed by atoms with Crippen molar-refractivity contribution in [3.63, 3.8) is 0 Å². The molecule has 3 aromatic rings. The molecule has 1 atom stereocenters. The summed E-state index contributed by atoms with van der Waals surface area (Å²) in [5.41, 5.74) is 1.62. The van der Waals surface area contributed by atoms with Crippen LogP contribution in [0.3, 0.4) is 0 Å². The average Bonchev–Trinajstić information content (AvgIpc) is 3.33. The number of nitrogens with zero attached hydrogens (tertiary/aromatic N) is 2. The molecule has 1 saturated heterocycles. The SMILES string of the molecule is CCCS(=O)(=O)Nc1cc(-c2cnc3[nH]c(=O)n(C4CCOC4)c3c2)cc(F)c1OC. The first kappa shape index (κ1) is 21.3. The molecule has 31 heavy (non-hydrogen) atoms. The maximum absolute atomic E-state index is 14.7. The van der Waals surface area contributed by atoms with Crippen LogP contribution in [-0.4, -0.2) is 49.0 Å². The zero-order valence-corrected chi connectivity index (χ0v) is 18.0. The van der Waals surface area contributed by atoms with Gasteiger partial charge in [-0.2, -0.15) is 0 Å². The highest BCUT2D eigenvalue weighted by Gasteiger charge is 2.23. The van der Waals surface area contributed by atoms with E-state index in [0.717, 1.165) is 0 Å². The quantitative estimate of drug-likeness (QED) is 0.572. The Hall–Kier alpha value is -2.92. The second-order valence-electron chi connectivity index (χ2n) is 7.37. The lowest BCUT2D eigenvalue weighted by atomic mass is 10.1. The van der Waals surface area contributed by atoms with E-state index in [1.165, 1.54) is 25.4 Å². The van der Waals surface area contributed by atoms with E-state index in [4.69, 9.17) is 9.47 Å². The predicted octanol–water partition coefficient (Wildman–Crippen LogP) is 2.65. The average molecular weight is 450 g/mol. The van der Waals surface area contributed by atoms with Crippen LogP contribution in [0.4, 0.5) is 10.1 Å². The van der Waals surface area contributed by atoms with E-state index in [2.05, 4.69) is 14.7 Å². The summed E-state index contributed by atoms with van der Waals surface area (Å²) in [4.78, 5) is 19.5. The third kappa shape index (κ3) is 4.15. The summed E-state index contributed by atoms with van der Waals surface area (Å²) >= 11 is 0. The van der Waals surface area contributed by atoms with Crippen LogP contribution in [0.25, 0.3) is 22.3 Å². The first-order valence-electron chi connectivity index (χ1n) is 9.89. The molecule has 9 nitrogen and oxygen atoms in total. The van der Waals surface area contributed by atoms with Gasteiger partial charge in [0.2, 0.25) is 10.0 Å². The van der Waals surface area contributed by atoms with E-state index in [1.54, 1.807) is 17.6 Å². The fourth-order valence-corrected chi connectivity index (χ4v) is 4.91. The first-order chi connectivity index (χ1) is 14.8. The predicted molar refractivity (Wildman–Crippen MR) is 114 cm³/mol. The molecule has 0 amide bonds. The molecule has 2 aromatic heterocycles. The normalized spacial score (nSPS) is 16.7. The van der Waals surface area contributed by atoms with Gasteiger partial charge in [-0.1, -0.05) is 6.92 Å². The number of hydrogen-bond acceptors (Lipinski definition) is 6. The maximum Gasteiger partial charge on any atom is 0.328 e. The van der Waals surface area contributed by atoms with Crippen molar-refractivity contribution in [2.24, 2.45) is 0 Å². The number of anilines is 1. The molecule has 1 unspecified atom stereocenters. The Bertz CT molecular complexity index is 1280. The Morgan fingerprint density at radius 2 is 2.16 bits per heavy atom. The fraction of sp³-hybridized carbons (Fsp3) is 0.400. The molecule has 0 spiro atoms. The van der Waals surface area contributed by atoms with E-state index >= 15 is 0 Å². The Balaban J connectivity index is 1.82. The van der Waals surface area contributed by atoms with Gasteiger partial charge in [-0.05, 0) is 36.6 Å². The highest BCUT2D eigenvalue weighted by molar-refractivity contribution is 7.92. The van der Waals surface area contributed by atoms with E-state index in [-0.39, 0.29) is 28.9 Å². The van der Waals surface area contributed by atoms with E-state index in [1.807, 2.05) is 0 Å². The molecule has 2 N–H and O–H groups in total. The maximum atomic E-state index is 14.7. The largest absolute Gasteiger partial charge is 0.492 e. The van der Waals surface area contributed by atoms with Crippen molar-refractivity contribution >= 4 is 26.9 Å². The topological polar surface area (TPSA) is 115 Å². The number of benzene rings is 1. The minimum atomic E-state index is -3.66. The van der Waals surface area contributed by atoms with Gasteiger partial charge in [0.15, 0.2) is 17.2 Å². The molecular weight excluding hydrogens is 427 g/mol. The van der Waals surface area contributed by atoms with E-state index in [9.17, 15) is 17.6 Å². The van der Waals surface area contributed by atoms with Gasteiger partial charge in [-0.25, -0.2) is 22.6 Å². The van der Waals surface area contributed by atoms with Crippen LogP contribution in [0, 0.1) is 5.82 Å². The Labute approximate surface area is 178 Å². The van der Waals surface area contributed by atoms with Gasteiger partial charge < -0.3 is 9.47 Å². The number of hydrogen-bond donors (Lipinski definition) is 2. The number of H-pyrrole nitrogens is 1. The lowest BCUT2D eigenvalue weighted by molar-refractivity contribution is 0.186. The number of fused-ring (bicyclic) bond motifs is 1. The number of rotatable bonds is 7. The van der Waals surface area contributed by atoms with Gasteiger partial charge in [0.25, 0.3) is 0 Å². The summed E-state index contributed by atoms with van der Waals surface area (Å²) in [5.74, 6) is -1.02. The molecule has 4 rings (SSSR count). The fourth-order valence-electron chi connectivity index (χ4n) is 3.78. The zero-order valence-electron chi connectivity index (χ0n) is 17.1. The summed E-state index contributed by atoms with van der Waals surface area (Å²) in [5, 5.41) is 0. The van der Waals surface area contributed by atoms with Crippen molar-refractivity contribution in [1.29, 1.82) is 0 Å². The van der Waals surface area contributed by atoms with Crippen LogP contribution >= 0.6 is 0 Å². The molecule has 1 aliphatic heterocycles. The Morgan fingerprint density at radius 3 is 2.84 bits per heavy atom. The van der Waals surface area contributed by atoms with Crippen molar-refractivity contribution in [1.82, 2.24) is 14.5 Å². The number of imidazole rings is 1. The molecular formula is C20H23FN4O5S. The molecule has 0 aliphatic carbocycles. The standard InChI is InChI=1S/C20H23FN4O5S/c1-3-6-31(27,28)24-16-8-12(7-15(21)18(16)29-2)13-9-17-19(22-10-13)23-20(26)25(17)14-4-5-30-11-14/h7-10,14,24H,3-6,11H2,1-2H3,(H,22,23,26). The third-order valence-electron chi connectivity index (χ3n) is 5.16. The van der Waals surface area contributed by atoms with Gasteiger partial charge in [-0.3, -0.25) is 14.3 Å². The highest BCUT2D eigenvalue weighted by Crippen LogP contribution is 2.35. The number of pyridine rings is 1. The second-order valence-corrected chi connectivity index (χ2v) is 9.21. The number of halogens is 1. The highest BCUT2D eigenvalue weighted by atomic mass is 32.2. The lowest BCUT2D eigenvalue weighted by Gasteiger charge is -2.15. The molecule has 1 aromatic carbocycles. The summed E-state index contributed by atoms with van der Waals surface area (Å²) in [7, 11) is -2.39. The number of methoxy groups -OCH3 is 1. The third-order valence-corrected chi connectivity index (χ3v) is 6.64. The van der Waals surface area contributed by atoms with Gasteiger partial charge in [0.1, 0.15) is 0 Å². The number of nitrogens with one attached hydrogen (secondary N) is 2. The molecule has 1 fully saturated rings. The second kappa shape index (κ2) is 8.31. The number of aromatic nitrogens is 3. The van der Waals surface area contributed by atoms with Crippen LogP contribution < -0.4 is 15.1 Å². The molecule has 0 radical (unpaired) electrons. The van der Waals surface area contributed by atoms with Crippen LogP contribution in [0.5, 0.6) is 5.75 Å². The van der Waals surface area contributed by atoms with Crippen LogP contribution in [-0.2, 0) is 14.8 Å².